The van der Waals surface area contributed by atoms with Gasteiger partial charge in [-0.1, -0.05) is 38.9 Å². The minimum absolute atomic E-state index is 0.00300. The molecule has 31 heavy (non-hydrogen) atoms. The SMILES string of the molecule is CCS(=O)(=O)c1cccc(NC(=O)c2cc(C3CC3)nc3onc(CC(C)(C)C)c23)c1. The van der Waals surface area contributed by atoms with Gasteiger partial charge < -0.3 is 9.84 Å². The molecule has 1 amide bonds. The molecule has 1 saturated carbocycles. The first kappa shape index (κ1) is 21.5. The third kappa shape index (κ3) is 4.63. The maximum Gasteiger partial charge on any atom is 0.259 e. The van der Waals surface area contributed by atoms with Crippen molar-refractivity contribution in [3.63, 3.8) is 0 Å². The predicted molar refractivity (Wildman–Crippen MR) is 119 cm³/mol. The molecule has 0 radical (unpaired) electrons. The predicted octanol–water partition coefficient (Wildman–Crippen LogP) is 4.73. The van der Waals surface area contributed by atoms with Gasteiger partial charge in [-0.3, -0.25) is 4.79 Å². The average molecular weight is 442 g/mol. The molecule has 0 spiro atoms. The zero-order chi connectivity index (χ0) is 22.4. The molecule has 0 unspecified atom stereocenters. The summed E-state index contributed by atoms with van der Waals surface area (Å²) in [4.78, 5) is 18.1. The van der Waals surface area contributed by atoms with Gasteiger partial charge in [0.25, 0.3) is 11.6 Å². The van der Waals surface area contributed by atoms with E-state index < -0.39 is 9.84 Å². The number of aromatic nitrogens is 2. The van der Waals surface area contributed by atoms with E-state index in [9.17, 15) is 13.2 Å². The summed E-state index contributed by atoms with van der Waals surface area (Å²) in [5, 5.41) is 7.68. The van der Waals surface area contributed by atoms with Crippen LogP contribution in [0.2, 0.25) is 0 Å². The average Bonchev–Trinajstić information content (AvgIpc) is 3.49. The van der Waals surface area contributed by atoms with E-state index in [1.54, 1.807) is 19.1 Å². The van der Waals surface area contributed by atoms with Gasteiger partial charge in [0, 0.05) is 17.3 Å². The fraction of sp³-hybridized carbons (Fsp3) is 0.435. The Labute approximate surface area is 182 Å². The number of rotatable bonds is 6. The molecular weight excluding hydrogens is 414 g/mol. The first-order valence-electron chi connectivity index (χ1n) is 10.5. The molecular formula is C23H27N3O4S. The Balaban J connectivity index is 1.75. The van der Waals surface area contributed by atoms with Crippen molar-refractivity contribution < 1.29 is 17.7 Å². The monoisotopic (exact) mass is 441 g/mol. The summed E-state index contributed by atoms with van der Waals surface area (Å²) in [7, 11) is -3.37. The molecule has 3 aromatic rings. The highest BCUT2D eigenvalue weighted by molar-refractivity contribution is 7.91. The fourth-order valence-corrected chi connectivity index (χ4v) is 4.48. The number of fused-ring (bicyclic) bond motifs is 1. The van der Waals surface area contributed by atoms with E-state index in [0.29, 0.717) is 40.4 Å². The van der Waals surface area contributed by atoms with Gasteiger partial charge >= 0.3 is 0 Å². The van der Waals surface area contributed by atoms with Crippen LogP contribution < -0.4 is 5.32 Å². The first-order valence-corrected chi connectivity index (χ1v) is 12.2. The van der Waals surface area contributed by atoms with Gasteiger partial charge in [-0.05, 0) is 48.9 Å². The van der Waals surface area contributed by atoms with E-state index in [1.165, 1.54) is 12.1 Å². The topological polar surface area (TPSA) is 102 Å². The number of nitrogens with one attached hydrogen (secondary N) is 1. The van der Waals surface area contributed by atoms with E-state index in [0.717, 1.165) is 18.5 Å². The van der Waals surface area contributed by atoms with Crippen LogP contribution in [0.15, 0.2) is 39.8 Å². The van der Waals surface area contributed by atoms with Crippen molar-refractivity contribution in [1.82, 2.24) is 10.1 Å². The summed E-state index contributed by atoms with van der Waals surface area (Å²) >= 11 is 0. The van der Waals surface area contributed by atoms with Crippen molar-refractivity contribution in [3.8, 4) is 0 Å². The summed E-state index contributed by atoms with van der Waals surface area (Å²) < 4.78 is 29.9. The number of hydrogen-bond donors (Lipinski definition) is 1. The Kier molecular flexibility index (Phi) is 5.37. The van der Waals surface area contributed by atoms with Crippen molar-refractivity contribution in [3.05, 3.63) is 47.3 Å². The lowest BCUT2D eigenvalue weighted by Crippen LogP contribution is -2.15. The van der Waals surface area contributed by atoms with Gasteiger partial charge in [-0.15, -0.1) is 0 Å². The molecule has 164 valence electrons. The number of carbonyl (C=O) groups is 1. The highest BCUT2D eigenvalue weighted by Gasteiger charge is 2.30. The molecule has 2 aromatic heterocycles. The highest BCUT2D eigenvalue weighted by Crippen LogP contribution is 2.41. The number of benzene rings is 1. The Morgan fingerprint density at radius 1 is 1.23 bits per heavy atom. The number of hydrogen-bond acceptors (Lipinski definition) is 6. The summed E-state index contributed by atoms with van der Waals surface area (Å²) in [5.74, 6) is 0.000563. The van der Waals surface area contributed by atoms with Crippen LogP contribution in [-0.2, 0) is 16.3 Å². The van der Waals surface area contributed by atoms with E-state index in [-0.39, 0.29) is 22.0 Å². The molecule has 0 bridgehead atoms. The molecule has 4 rings (SSSR count). The van der Waals surface area contributed by atoms with Crippen LogP contribution in [0.3, 0.4) is 0 Å². The minimum Gasteiger partial charge on any atom is -0.336 e. The Morgan fingerprint density at radius 2 is 1.97 bits per heavy atom. The number of amides is 1. The number of pyridine rings is 1. The minimum atomic E-state index is -3.37. The van der Waals surface area contributed by atoms with Gasteiger partial charge in [0.1, 0.15) is 0 Å². The lowest BCUT2D eigenvalue weighted by molar-refractivity contribution is 0.102. The van der Waals surface area contributed by atoms with Gasteiger partial charge in [0.05, 0.1) is 27.3 Å². The summed E-state index contributed by atoms with van der Waals surface area (Å²) in [6.07, 6.45) is 2.72. The number of anilines is 1. The fourth-order valence-electron chi connectivity index (χ4n) is 3.55. The van der Waals surface area contributed by atoms with Crippen LogP contribution in [0, 0.1) is 5.41 Å². The summed E-state index contributed by atoms with van der Waals surface area (Å²) in [6, 6.07) is 8.15. The molecule has 1 aromatic carbocycles. The molecule has 2 heterocycles. The number of carbonyl (C=O) groups excluding carboxylic acids is 1. The zero-order valence-corrected chi connectivity index (χ0v) is 19.0. The van der Waals surface area contributed by atoms with Gasteiger partial charge in [-0.25, -0.2) is 13.4 Å². The van der Waals surface area contributed by atoms with E-state index >= 15 is 0 Å². The largest absolute Gasteiger partial charge is 0.336 e. The van der Waals surface area contributed by atoms with Crippen LogP contribution in [0.25, 0.3) is 11.1 Å². The molecule has 0 aliphatic heterocycles. The number of sulfone groups is 1. The van der Waals surface area contributed by atoms with Crippen LogP contribution >= 0.6 is 0 Å². The Morgan fingerprint density at radius 3 is 2.61 bits per heavy atom. The number of nitrogens with zero attached hydrogens (tertiary/aromatic N) is 2. The van der Waals surface area contributed by atoms with Gasteiger partial charge in [0.15, 0.2) is 9.84 Å². The highest BCUT2D eigenvalue weighted by atomic mass is 32.2. The lowest BCUT2D eigenvalue weighted by atomic mass is 9.89. The second-order valence-electron chi connectivity index (χ2n) is 9.30. The summed E-state index contributed by atoms with van der Waals surface area (Å²) in [6.45, 7) is 7.88. The third-order valence-electron chi connectivity index (χ3n) is 5.31. The molecule has 8 heteroatoms. The molecule has 0 atom stereocenters. The van der Waals surface area contributed by atoms with E-state index in [2.05, 4.69) is 36.2 Å². The van der Waals surface area contributed by atoms with Gasteiger partial charge in [0.2, 0.25) is 0 Å². The standard InChI is InChI=1S/C23H27N3O4S/c1-5-31(28,29)16-8-6-7-15(11-16)24-21(27)17-12-18(14-9-10-14)25-22-20(17)19(26-30-22)13-23(2,3)4/h6-8,11-12,14H,5,9-10,13H2,1-4H3,(H,24,27). The van der Waals surface area contributed by atoms with Crippen molar-refractivity contribution in [2.24, 2.45) is 5.41 Å². The molecule has 1 fully saturated rings. The van der Waals surface area contributed by atoms with Crippen LogP contribution in [0.5, 0.6) is 0 Å². The summed E-state index contributed by atoms with van der Waals surface area (Å²) in [5.41, 5.74) is 2.73. The Bertz CT molecular complexity index is 1250. The Hall–Kier alpha value is -2.74. The van der Waals surface area contributed by atoms with E-state index in [4.69, 9.17) is 4.52 Å². The molecule has 1 N–H and O–H groups in total. The van der Waals surface area contributed by atoms with Crippen LogP contribution in [0.4, 0.5) is 5.69 Å². The normalized spacial score (nSPS) is 14.7. The quantitative estimate of drug-likeness (QED) is 0.593. The smallest absolute Gasteiger partial charge is 0.259 e. The molecule has 0 saturated heterocycles. The van der Waals surface area contributed by atoms with Crippen LogP contribution in [-0.4, -0.2) is 30.2 Å². The van der Waals surface area contributed by atoms with Gasteiger partial charge in [-0.2, -0.15) is 0 Å². The van der Waals surface area contributed by atoms with Crippen molar-refractivity contribution in [1.29, 1.82) is 0 Å². The second-order valence-corrected chi connectivity index (χ2v) is 11.6. The maximum atomic E-state index is 13.3. The maximum absolute atomic E-state index is 13.3. The first-order chi connectivity index (χ1) is 14.6. The van der Waals surface area contributed by atoms with Crippen molar-refractivity contribution in [2.75, 3.05) is 11.1 Å². The lowest BCUT2D eigenvalue weighted by Gasteiger charge is -2.16. The van der Waals surface area contributed by atoms with E-state index in [1.807, 2.05) is 6.07 Å². The third-order valence-corrected chi connectivity index (χ3v) is 7.04. The van der Waals surface area contributed by atoms with Crippen LogP contribution in [0.1, 0.15) is 68.2 Å². The zero-order valence-electron chi connectivity index (χ0n) is 18.2. The second kappa shape index (κ2) is 7.75. The van der Waals surface area contributed by atoms with Crippen molar-refractivity contribution in [2.45, 2.75) is 57.8 Å². The molecule has 1 aliphatic carbocycles. The molecule has 7 nitrogen and oxygen atoms in total. The molecule has 1 aliphatic rings. The van der Waals surface area contributed by atoms with Crippen molar-refractivity contribution >= 4 is 32.5 Å².